The molecule has 0 spiro atoms. The first-order valence-electron chi connectivity index (χ1n) is 6.69. The maximum atomic E-state index is 11.7. The molecule has 7 heteroatoms. The number of phenolic OH excluding ortho intramolecular Hbond substituents is 1. The molecule has 0 saturated carbocycles. The highest BCUT2D eigenvalue weighted by Gasteiger charge is 2.09. The highest BCUT2D eigenvalue weighted by atomic mass is 35.5. The third-order valence-corrected chi connectivity index (χ3v) is 2.96. The van der Waals surface area contributed by atoms with Crippen LogP contribution in [0.3, 0.4) is 0 Å². The average molecular weight is 332 g/mol. The number of rotatable bonds is 5. The molecule has 23 heavy (non-hydrogen) atoms. The lowest BCUT2D eigenvalue weighted by Gasteiger charge is -2.04. The molecule has 118 valence electrons. The normalized spacial score (nSPS) is 10.5. The fourth-order valence-corrected chi connectivity index (χ4v) is 1.89. The maximum absolute atomic E-state index is 11.7. The number of hydrogen-bond donors (Lipinski definition) is 3. The number of amides is 2. The van der Waals surface area contributed by atoms with E-state index in [1.807, 2.05) is 0 Å². The zero-order chi connectivity index (χ0) is 16.7. The molecule has 0 radical (unpaired) electrons. The average Bonchev–Trinajstić information content (AvgIpc) is 2.49. The minimum absolute atomic E-state index is 0.142. The zero-order valence-corrected chi connectivity index (χ0v) is 12.7. The number of carbonyl (C=O) groups is 2. The van der Waals surface area contributed by atoms with Crippen LogP contribution < -0.4 is 10.7 Å². The molecule has 3 N–H and O–H groups in total. The molecule has 2 aromatic carbocycles. The third-order valence-electron chi connectivity index (χ3n) is 2.73. The Labute approximate surface area is 137 Å². The van der Waals surface area contributed by atoms with Gasteiger partial charge in [0.05, 0.1) is 6.21 Å². The van der Waals surface area contributed by atoms with Crippen LogP contribution in [-0.2, 0) is 9.59 Å². The van der Waals surface area contributed by atoms with E-state index in [1.165, 1.54) is 18.3 Å². The van der Waals surface area contributed by atoms with Gasteiger partial charge in [-0.05, 0) is 48.0 Å². The molecule has 0 aliphatic carbocycles. The number of carbonyl (C=O) groups excluding carboxylic acids is 2. The van der Waals surface area contributed by atoms with E-state index in [0.717, 1.165) is 0 Å². The third kappa shape index (κ3) is 5.80. The molecule has 0 unspecified atom stereocenters. The molecule has 2 rings (SSSR count). The number of halogens is 1. The summed E-state index contributed by atoms with van der Waals surface area (Å²) in [6, 6.07) is 12.9. The zero-order valence-electron chi connectivity index (χ0n) is 12.0. The lowest BCUT2D eigenvalue weighted by atomic mass is 10.2. The minimum atomic E-state index is -0.542. The molecule has 0 heterocycles. The Kier molecular flexibility index (Phi) is 5.71. The quantitative estimate of drug-likeness (QED) is 0.446. The first kappa shape index (κ1) is 16.5. The lowest BCUT2D eigenvalue weighted by molar-refractivity contribution is -0.126. The van der Waals surface area contributed by atoms with Crippen molar-refractivity contribution < 1.29 is 14.7 Å². The van der Waals surface area contributed by atoms with Crippen LogP contribution in [0.1, 0.15) is 12.0 Å². The summed E-state index contributed by atoms with van der Waals surface area (Å²) in [4.78, 5) is 23.3. The van der Waals surface area contributed by atoms with Gasteiger partial charge in [-0.3, -0.25) is 9.59 Å². The molecule has 0 saturated heterocycles. The molecule has 0 bridgehead atoms. The monoisotopic (exact) mass is 331 g/mol. The van der Waals surface area contributed by atoms with Crippen molar-refractivity contribution >= 4 is 35.3 Å². The van der Waals surface area contributed by atoms with Gasteiger partial charge in [0.25, 0.3) is 0 Å². The molecular formula is C16H14ClN3O3. The molecule has 0 aliphatic heterocycles. The SMILES string of the molecule is O=C(CC(=O)Nc1cccc(Cl)c1)N/N=C/c1ccc(O)cc1. The number of aromatic hydroxyl groups is 1. The Hall–Kier alpha value is -2.86. The summed E-state index contributed by atoms with van der Waals surface area (Å²) < 4.78 is 0. The Balaban J connectivity index is 1.80. The molecule has 2 aromatic rings. The van der Waals surface area contributed by atoms with Crippen molar-refractivity contribution in [3.05, 3.63) is 59.1 Å². The van der Waals surface area contributed by atoms with Crippen molar-refractivity contribution in [3.63, 3.8) is 0 Å². The molecule has 0 aliphatic rings. The van der Waals surface area contributed by atoms with Gasteiger partial charge in [-0.1, -0.05) is 17.7 Å². The fraction of sp³-hybridized carbons (Fsp3) is 0.0625. The van der Waals surface area contributed by atoms with Crippen LogP contribution in [0.4, 0.5) is 5.69 Å². The van der Waals surface area contributed by atoms with Crippen LogP contribution in [0, 0.1) is 0 Å². The summed E-state index contributed by atoms with van der Waals surface area (Å²) in [5, 5.41) is 15.9. The first-order valence-corrected chi connectivity index (χ1v) is 7.07. The van der Waals surface area contributed by atoms with Gasteiger partial charge in [0.2, 0.25) is 11.8 Å². The van der Waals surface area contributed by atoms with Crippen molar-refractivity contribution in [3.8, 4) is 5.75 Å². The Morgan fingerprint density at radius 3 is 2.57 bits per heavy atom. The predicted molar refractivity (Wildman–Crippen MR) is 88.5 cm³/mol. The largest absolute Gasteiger partial charge is 0.508 e. The topological polar surface area (TPSA) is 90.8 Å². The van der Waals surface area contributed by atoms with Crippen LogP contribution >= 0.6 is 11.6 Å². The second-order valence-electron chi connectivity index (χ2n) is 4.62. The van der Waals surface area contributed by atoms with Gasteiger partial charge in [-0.25, -0.2) is 5.43 Å². The number of nitrogens with zero attached hydrogens (tertiary/aromatic N) is 1. The van der Waals surface area contributed by atoms with Gasteiger partial charge in [0.15, 0.2) is 0 Å². The summed E-state index contributed by atoms with van der Waals surface area (Å²) in [5.41, 5.74) is 3.47. The number of anilines is 1. The lowest BCUT2D eigenvalue weighted by Crippen LogP contribution is -2.24. The Bertz CT molecular complexity index is 730. The Morgan fingerprint density at radius 2 is 1.87 bits per heavy atom. The number of nitrogens with one attached hydrogen (secondary N) is 2. The number of phenols is 1. The molecule has 6 nitrogen and oxygen atoms in total. The second-order valence-corrected chi connectivity index (χ2v) is 5.06. The van der Waals surface area contributed by atoms with Crippen molar-refractivity contribution in [2.24, 2.45) is 5.10 Å². The predicted octanol–water partition coefficient (Wildman–Crippen LogP) is 2.52. The van der Waals surface area contributed by atoms with E-state index < -0.39 is 11.8 Å². The summed E-state index contributed by atoms with van der Waals surface area (Å²) in [7, 11) is 0. The first-order chi connectivity index (χ1) is 11.0. The molecule has 2 amide bonds. The van der Waals surface area contributed by atoms with Crippen LogP contribution in [-0.4, -0.2) is 23.1 Å². The van der Waals surface area contributed by atoms with Gasteiger partial charge >= 0.3 is 0 Å². The van der Waals surface area contributed by atoms with Crippen molar-refractivity contribution in [2.75, 3.05) is 5.32 Å². The summed E-state index contributed by atoms with van der Waals surface area (Å²) in [5.74, 6) is -0.868. The van der Waals surface area contributed by atoms with E-state index in [4.69, 9.17) is 16.7 Å². The molecular weight excluding hydrogens is 318 g/mol. The number of hydrogen-bond acceptors (Lipinski definition) is 4. The summed E-state index contributed by atoms with van der Waals surface area (Å²) in [6.45, 7) is 0. The van der Waals surface area contributed by atoms with Crippen LogP contribution in [0.15, 0.2) is 53.6 Å². The van der Waals surface area contributed by atoms with E-state index in [9.17, 15) is 9.59 Å². The van der Waals surface area contributed by atoms with E-state index in [1.54, 1.807) is 36.4 Å². The smallest absolute Gasteiger partial charge is 0.249 e. The van der Waals surface area contributed by atoms with Gasteiger partial charge in [0.1, 0.15) is 12.2 Å². The maximum Gasteiger partial charge on any atom is 0.249 e. The van der Waals surface area contributed by atoms with E-state index >= 15 is 0 Å². The van der Waals surface area contributed by atoms with Gasteiger partial charge in [-0.2, -0.15) is 5.10 Å². The minimum Gasteiger partial charge on any atom is -0.508 e. The number of benzene rings is 2. The molecule has 0 aromatic heterocycles. The van der Waals surface area contributed by atoms with Crippen molar-refractivity contribution in [2.45, 2.75) is 6.42 Å². The van der Waals surface area contributed by atoms with E-state index in [0.29, 0.717) is 16.3 Å². The molecule has 0 atom stereocenters. The summed E-state index contributed by atoms with van der Waals surface area (Å²) >= 11 is 5.81. The van der Waals surface area contributed by atoms with Gasteiger partial charge < -0.3 is 10.4 Å². The second kappa shape index (κ2) is 7.95. The fourth-order valence-electron chi connectivity index (χ4n) is 1.70. The van der Waals surface area contributed by atoms with Gasteiger partial charge in [0, 0.05) is 10.7 Å². The van der Waals surface area contributed by atoms with Crippen LogP contribution in [0.5, 0.6) is 5.75 Å². The van der Waals surface area contributed by atoms with Crippen molar-refractivity contribution in [1.82, 2.24) is 5.43 Å². The van der Waals surface area contributed by atoms with Gasteiger partial charge in [-0.15, -0.1) is 0 Å². The summed E-state index contributed by atoms with van der Waals surface area (Å²) in [6.07, 6.45) is 1.05. The van der Waals surface area contributed by atoms with E-state index in [2.05, 4.69) is 15.8 Å². The number of hydrazone groups is 1. The molecule has 0 fully saturated rings. The standard InChI is InChI=1S/C16H14ClN3O3/c17-12-2-1-3-13(8-12)19-15(22)9-16(23)20-18-10-11-4-6-14(21)7-5-11/h1-8,10,21H,9H2,(H,19,22)(H,20,23)/b18-10+. The van der Waals surface area contributed by atoms with Crippen LogP contribution in [0.2, 0.25) is 5.02 Å². The van der Waals surface area contributed by atoms with E-state index in [-0.39, 0.29) is 12.2 Å². The van der Waals surface area contributed by atoms with Crippen molar-refractivity contribution in [1.29, 1.82) is 0 Å². The Morgan fingerprint density at radius 1 is 1.13 bits per heavy atom. The highest BCUT2D eigenvalue weighted by Crippen LogP contribution is 2.14. The highest BCUT2D eigenvalue weighted by molar-refractivity contribution is 6.30. The van der Waals surface area contributed by atoms with Crippen LogP contribution in [0.25, 0.3) is 0 Å².